The Bertz CT molecular complexity index is 1430. The average molecular weight is 552 g/mol. The van der Waals surface area contributed by atoms with Gasteiger partial charge in [-0.3, -0.25) is 14.5 Å². The van der Waals surface area contributed by atoms with Crippen LogP contribution in [0.3, 0.4) is 0 Å². The normalized spacial score (nSPS) is 17.9. The maximum Gasteiger partial charge on any atom is 0.301 e. The van der Waals surface area contributed by atoms with Gasteiger partial charge in [0.25, 0.3) is 5.78 Å². The number of rotatable bonds is 9. The number of anilines is 1. The first-order valence-electron chi connectivity index (χ1n) is 12.7. The highest BCUT2D eigenvalue weighted by Crippen LogP contribution is 2.45. The highest BCUT2D eigenvalue weighted by Gasteiger charge is 2.48. The monoisotopic (exact) mass is 551 g/mol. The van der Waals surface area contributed by atoms with Gasteiger partial charge in [0.05, 0.1) is 25.3 Å². The van der Waals surface area contributed by atoms with Crippen LogP contribution in [0.15, 0.2) is 42.0 Å². The van der Waals surface area contributed by atoms with E-state index in [0.717, 1.165) is 19.3 Å². The fraction of sp³-hybridized carbons (Fsp3) is 0.357. The van der Waals surface area contributed by atoms with Gasteiger partial charge < -0.3 is 24.1 Å². The third-order valence-corrected chi connectivity index (χ3v) is 7.33. The van der Waals surface area contributed by atoms with Crippen LogP contribution in [0.4, 0.5) is 5.13 Å². The maximum absolute atomic E-state index is 13.4. The number of carbonyl (C=O) groups excluding carboxylic acids is 2. The fourth-order valence-electron chi connectivity index (χ4n) is 4.58. The van der Waals surface area contributed by atoms with E-state index in [0.29, 0.717) is 59.0 Å². The first-order chi connectivity index (χ1) is 18.9. The van der Waals surface area contributed by atoms with Gasteiger partial charge in [-0.25, -0.2) is 0 Å². The lowest BCUT2D eigenvalue weighted by molar-refractivity contribution is -0.132. The van der Waals surface area contributed by atoms with Gasteiger partial charge in [0, 0.05) is 5.56 Å². The summed E-state index contributed by atoms with van der Waals surface area (Å²) in [6, 6.07) is 9.11. The van der Waals surface area contributed by atoms with Crippen LogP contribution in [0.25, 0.3) is 5.76 Å². The Morgan fingerprint density at radius 1 is 1.08 bits per heavy atom. The number of hydrogen-bond donors (Lipinski definition) is 1. The SMILES string of the molecule is CCCCCOc1ccc(C2C(=C(O)c3ccc4c(c3)OCCO4)C(=O)C(=O)N2c2nnc(C)s2)cc1OC. The molecule has 1 amide bonds. The van der Waals surface area contributed by atoms with Crippen LogP contribution in [-0.2, 0) is 9.59 Å². The Kier molecular flexibility index (Phi) is 7.69. The predicted octanol–water partition coefficient (Wildman–Crippen LogP) is 4.82. The third kappa shape index (κ3) is 5.14. The second-order valence-electron chi connectivity index (χ2n) is 9.10. The zero-order valence-corrected chi connectivity index (χ0v) is 22.7. The van der Waals surface area contributed by atoms with Crippen LogP contribution in [0.5, 0.6) is 23.0 Å². The minimum absolute atomic E-state index is 0.0804. The molecule has 1 atom stereocenters. The van der Waals surface area contributed by atoms with Gasteiger partial charge in [-0.2, -0.15) is 0 Å². The molecule has 0 bridgehead atoms. The molecule has 1 unspecified atom stereocenters. The number of ketones is 1. The van der Waals surface area contributed by atoms with Crippen LogP contribution in [0.1, 0.15) is 48.4 Å². The molecule has 0 spiro atoms. The number of hydrogen-bond acceptors (Lipinski definition) is 10. The Hall–Kier alpha value is -4.12. The first-order valence-corrected chi connectivity index (χ1v) is 13.6. The minimum atomic E-state index is -0.978. The Labute approximate surface area is 229 Å². The van der Waals surface area contributed by atoms with Gasteiger partial charge in [0.2, 0.25) is 5.13 Å². The van der Waals surface area contributed by atoms with Crippen molar-refractivity contribution in [3.8, 4) is 23.0 Å². The predicted molar refractivity (Wildman–Crippen MR) is 145 cm³/mol. The zero-order chi connectivity index (χ0) is 27.5. The van der Waals surface area contributed by atoms with Gasteiger partial charge in [-0.05, 0) is 49.2 Å². The smallest absolute Gasteiger partial charge is 0.301 e. The maximum atomic E-state index is 13.4. The molecule has 5 rings (SSSR count). The summed E-state index contributed by atoms with van der Waals surface area (Å²) in [7, 11) is 1.53. The van der Waals surface area contributed by atoms with Crippen molar-refractivity contribution < 1.29 is 33.6 Å². The highest BCUT2D eigenvalue weighted by molar-refractivity contribution is 7.15. The van der Waals surface area contributed by atoms with Crippen LogP contribution in [-0.4, -0.2) is 53.9 Å². The lowest BCUT2D eigenvalue weighted by Crippen LogP contribution is -2.29. The number of amides is 1. The summed E-state index contributed by atoms with van der Waals surface area (Å²) in [5.74, 6) is 0.00172. The molecule has 204 valence electrons. The molecular weight excluding hydrogens is 522 g/mol. The van der Waals surface area contributed by atoms with Crippen molar-refractivity contribution in [2.45, 2.75) is 39.2 Å². The van der Waals surface area contributed by atoms with E-state index in [2.05, 4.69) is 17.1 Å². The lowest BCUT2D eigenvalue weighted by Gasteiger charge is -2.24. The number of methoxy groups -OCH3 is 1. The Morgan fingerprint density at radius 2 is 1.87 bits per heavy atom. The van der Waals surface area contributed by atoms with E-state index < -0.39 is 17.7 Å². The third-order valence-electron chi connectivity index (χ3n) is 6.49. The summed E-state index contributed by atoms with van der Waals surface area (Å²) < 4.78 is 22.7. The number of unbranched alkanes of at least 4 members (excludes halogenated alkanes) is 2. The summed E-state index contributed by atoms with van der Waals surface area (Å²) in [5.41, 5.74) is 0.778. The van der Waals surface area contributed by atoms with Gasteiger partial charge in [0.1, 0.15) is 24.0 Å². The standard InChI is InChI=1S/C28H29N3O7S/c1-4-5-6-11-36-19-9-7-17(14-21(19)35-3)24-23(26(33)27(34)31(24)28-30-29-16(2)39-28)25(32)18-8-10-20-22(15-18)38-13-12-37-20/h7-10,14-15,24,32H,4-6,11-13H2,1-3H3. The molecular formula is C28H29N3O7S. The quantitative estimate of drug-likeness (QED) is 0.173. The number of fused-ring (bicyclic) bond motifs is 1. The lowest BCUT2D eigenvalue weighted by atomic mass is 9.95. The molecule has 0 radical (unpaired) electrons. The van der Waals surface area contributed by atoms with Gasteiger partial charge in [0.15, 0.2) is 23.0 Å². The molecule has 2 aromatic carbocycles. The molecule has 39 heavy (non-hydrogen) atoms. The van der Waals surface area contributed by atoms with Crippen LogP contribution in [0.2, 0.25) is 0 Å². The topological polar surface area (TPSA) is 120 Å². The van der Waals surface area contributed by atoms with E-state index in [9.17, 15) is 14.7 Å². The van der Waals surface area contributed by atoms with Gasteiger partial charge >= 0.3 is 5.91 Å². The molecule has 1 aromatic heterocycles. The van der Waals surface area contributed by atoms with E-state index in [4.69, 9.17) is 18.9 Å². The molecule has 0 aliphatic carbocycles. The number of Topliss-reactive ketones (excluding diaryl/α,β-unsaturated/α-hetero) is 1. The number of carbonyl (C=O) groups is 2. The molecule has 10 nitrogen and oxygen atoms in total. The largest absolute Gasteiger partial charge is 0.507 e. The zero-order valence-electron chi connectivity index (χ0n) is 21.9. The van der Waals surface area contributed by atoms with Crippen molar-refractivity contribution >= 4 is 33.9 Å². The molecule has 1 saturated heterocycles. The second-order valence-corrected chi connectivity index (χ2v) is 10.3. The number of ether oxygens (including phenoxy) is 4. The fourth-order valence-corrected chi connectivity index (χ4v) is 5.30. The number of aromatic nitrogens is 2. The molecule has 1 N–H and O–H groups in total. The van der Waals surface area contributed by atoms with E-state index in [1.54, 1.807) is 43.3 Å². The van der Waals surface area contributed by atoms with Crippen LogP contribution < -0.4 is 23.8 Å². The Morgan fingerprint density at radius 3 is 2.59 bits per heavy atom. The number of nitrogens with zero attached hydrogens (tertiary/aromatic N) is 3. The highest BCUT2D eigenvalue weighted by atomic mass is 32.1. The van der Waals surface area contributed by atoms with Crippen molar-refractivity contribution in [3.05, 3.63) is 58.1 Å². The van der Waals surface area contributed by atoms with E-state index in [-0.39, 0.29) is 16.5 Å². The molecule has 11 heteroatoms. The molecule has 0 saturated carbocycles. The summed E-state index contributed by atoms with van der Waals surface area (Å²) in [4.78, 5) is 28.1. The van der Waals surface area contributed by atoms with Crippen molar-refractivity contribution in [2.24, 2.45) is 0 Å². The number of aryl methyl sites for hydroxylation is 1. The summed E-state index contributed by atoms with van der Waals surface area (Å²) in [6.07, 6.45) is 3.04. The molecule has 2 aliphatic heterocycles. The minimum Gasteiger partial charge on any atom is -0.507 e. The van der Waals surface area contributed by atoms with Crippen molar-refractivity contribution in [1.29, 1.82) is 0 Å². The van der Waals surface area contributed by atoms with Crippen LogP contribution in [0, 0.1) is 6.92 Å². The number of aliphatic hydroxyl groups excluding tert-OH is 1. The number of benzene rings is 2. The molecule has 2 aliphatic rings. The van der Waals surface area contributed by atoms with Gasteiger partial charge in [-0.15, -0.1) is 10.2 Å². The second kappa shape index (κ2) is 11.3. The molecule has 3 heterocycles. The van der Waals surface area contributed by atoms with E-state index >= 15 is 0 Å². The summed E-state index contributed by atoms with van der Waals surface area (Å²) in [5, 5.41) is 20.5. The first kappa shape index (κ1) is 26.5. The molecule has 1 fully saturated rings. The Balaban J connectivity index is 1.61. The van der Waals surface area contributed by atoms with Crippen LogP contribution >= 0.6 is 11.3 Å². The van der Waals surface area contributed by atoms with E-state index in [1.807, 2.05) is 0 Å². The summed E-state index contributed by atoms with van der Waals surface area (Å²) in [6.45, 7) is 5.21. The van der Waals surface area contributed by atoms with Crippen molar-refractivity contribution in [1.82, 2.24) is 10.2 Å². The molecule has 3 aromatic rings. The van der Waals surface area contributed by atoms with Crippen molar-refractivity contribution in [2.75, 3.05) is 31.8 Å². The summed E-state index contributed by atoms with van der Waals surface area (Å²) >= 11 is 1.18. The van der Waals surface area contributed by atoms with Gasteiger partial charge in [-0.1, -0.05) is 37.2 Å². The number of aliphatic hydroxyl groups is 1. The average Bonchev–Trinajstić information content (AvgIpc) is 3.50. The van der Waals surface area contributed by atoms with E-state index in [1.165, 1.54) is 23.3 Å². The van der Waals surface area contributed by atoms with Crippen molar-refractivity contribution in [3.63, 3.8) is 0 Å².